The highest BCUT2D eigenvalue weighted by Crippen LogP contribution is 2.25. The maximum Gasteiger partial charge on any atom is 0.341 e. The molecule has 2 rings (SSSR count). The first-order chi connectivity index (χ1) is 10.6. The molecule has 0 fully saturated rings. The second-order valence-electron chi connectivity index (χ2n) is 4.40. The number of rotatable bonds is 5. The van der Waals surface area contributed by atoms with Gasteiger partial charge in [-0.3, -0.25) is 0 Å². The monoisotopic (exact) mass is 357 g/mol. The molecule has 2 aromatic rings. The van der Waals surface area contributed by atoms with Gasteiger partial charge in [-0.15, -0.1) is 0 Å². The van der Waals surface area contributed by atoms with Crippen molar-refractivity contribution in [2.45, 2.75) is 0 Å². The third-order valence-electron chi connectivity index (χ3n) is 2.85. The highest BCUT2D eigenvalue weighted by Gasteiger charge is 2.06. The highest BCUT2D eigenvalue weighted by atomic mass is 79.9. The Morgan fingerprint density at radius 2 is 1.91 bits per heavy atom. The number of allylic oxidation sites excluding steroid dienone is 1. The largest absolute Gasteiger partial charge is 0.481 e. The Bertz CT molecular complexity index is 745. The number of halogens is 1. The Kier molecular flexibility index (Phi) is 5.34. The number of carboxylic acid groups (broad SMARTS) is 1. The summed E-state index contributed by atoms with van der Waals surface area (Å²) in [4.78, 5) is 10.6. The van der Waals surface area contributed by atoms with Gasteiger partial charge in [0.05, 0.1) is 11.6 Å². The lowest BCUT2D eigenvalue weighted by Gasteiger charge is -2.07. The van der Waals surface area contributed by atoms with Crippen LogP contribution in [-0.4, -0.2) is 17.7 Å². The molecule has 22 heavy (non-hydrogen) atoms. The van der Waals surface area contributed by atoms with Gasteiger partial charge in [-0.05, 0) is 29.8 Å². The predicted molar refractivity (Wildman–Crippen MR) is 87.2 cm³/mol. The summed E-state index contributed by atoms with van der Waals surface area (Å²) < 4.78 is 6.17. The Hall–Kier alpha value is -2.58. The van der Waals surface area contributed by atoms with Crippen LogP contribution in [0.5, 0.6) is 5.75 Å². The van der Waals surface area contributed by atoms with Crippen molar-refractivity contribution in [1.82, 2.24) is 0 Å². The summed E-state index contributed by atoms with van der Waals surface area (Å²) in [5, 5.41) is 18.1. The van der Waals surface area contributed by atoms with E-state index in [1.807, 2.05) is 24.3 Å². The zero-order valence-corrected chi connectivity index (χ0v) is 13.1. The molecule has 0 saturated carbocycles. The second-order valence-corrected chi connectivity index (χ2v) is 5.31. The molecule has 0 unspecified atom stereocenters. The molecule has 4 nitrogen and oxygen atoms in total. The van der Waals surface area contributed by atoms with Crippen molar-refractivity contribution < 1.29 is 14.6 Å². The van der Waals surface area contributed by atoms with E-state index in [1.165, 1.54) is 0 Å². The molecular formula is C17H12BrNO3. The van der Waals surface area contributed by atoms with Crippen LogP contribution in [0.25, 0.3) is 11.6 Å². The van der Waals surface area contributed by atoms with E-state index in [0.717, 1.165) is 10.0 Å². The molecule has 110 valence electrons. The first-order valence-electron chi connectivity index (χ1n) is 6.41. The van der Waals surface area contributed by atoms with Crippen molar-refractivity contribution in [2.24, 2.45) is 0 Å². The van der Waals surface area contributed by atoms with Crippen LogP contribution in [0.4, 0.5) is 0 Å². The lowest BCUT2D eigenvalue weighted by Crippen LogP contribution is -2.09. The minimum absolute atomic E-state index is 0.426. The zero-order valence-electron chi connectivity index (χ0n) is 11.5. The van der Waals surface area contributed by atoms with E-state index >= 15 is 0 Å². The summed E-state index contributed by atoms with van der Waals surface area (Å²) in [6.45, 7) is -0.426. The molecule has 0 aliphatic carbocycles. The molecule has 0 spiro atoms. The zero-order chi connectivity index (χ0) is 15.9. The van der Waals surface area contributed by atoms with E-state index in [0.29, 0.717) is 16.9 Å². The number of nitrogens with zero attached hydrogens (tertiary/aromatic N) is 1. The van der Waals surface area contributed by atoms with Gasteiger partial charge < -0.3 is 9.84 Å². The Labute approximate surface area is 136 Å². The summed E-state index contributed by atoms with van der Waals surface area (Å²) in [7, 11) is 0. The molecule has 0 bridgehead atoms. The van der Waals surface area contributed by atoms with Gasteiger partial charge in [-0.2, -0.15) is 5.26 Å². The van der Waals surface area contributed by atoms with E-state index in [-0.39, 0.29) is 0 Å². The molecule has 2 aromatic carbocycles. The van der Waals surface area contributed by atoms with Crippen molar-refractivity contribution in [3.63, 3.8) is 0 Å². The van der Waals surface area contributed by atoms with Gasteiger partial charge in [-0.1, -0.05) is 46.3 Å². The molecular weight excluding hydrogens is 346 g/mol. The van der Waals surface area contributed by atoms with Crippen molar-refractivity contribution in [1.29, 1.82) is 5.26 Å². The fourth-order valence-corrected chi connectivity index (χ4v) is 2.10. The molecule has 0 saturated heterocycles. The van der Waals surface area contributed by atoms with E-state index in [1.54, 1.807) is 30.3 Å². The molecule has 0 aliphatic heterocycles. The van der Waals surface area contributed by atoms with Crippen molar-refractivity contribution in [3.05, 3.63) is 64.1 Å². The number of para-hydroxylation sites is 1. The van der Waals surface area contributed by atoms with Gasteiger partial charge in [0.2, 0.25) is 0 Å². The molecule has 1 N–H and O–H groups in total. The number of hydrogen-bond donors (Lipinski definition) is 1. The fourth-order valence-electron chi connectivity index (χ4n) is 1.84. The van der Waals surface area contributed by atoms with Crippen molar-refractivity contribution in [2.75, 3.05) is 6.61 Å². The minimum atomic E-state index is -1.05. The second kappa shape index (κ2) is 7.43. The molecule has 0 amide bonds. The van der Waals surface area contributed by atoms with Gasteiger partial charge in [0, 0.05) is 10.0 Å². The van der Waals surface area contributed by atoms with E-state index < -0.39 is 12.6 Å². The number of carbonyl (C=O) groups is 1. The van der Waals surface area contributed by atoms with Crippen LogP contribution < -0.4 is 4.74 Å². The van der Waals surface area contributed by atoms with Crippen LogP contribution >= 0.6 is 15.9 Å². The Morgan fingerprint density at radius 3 is 2.55 bits per heavy atom. The van der Waals surface area contributed by atoms with Gasteiger partial charge >= 0.3 is 5.97 Å². The fraction of sp³-hybridized carbons (Fsp3) is 0.0588. The summed E-state index contributed by atoms with van der Waals surface area (Å²) >= 11 is 3.35. The highest BCUT2D eigenvalue weighted by molar-refractivity contribution is 9.10. The molecule has 0 aliphatic rings. The summed E-state index contributed by atoms with van der Waals surface area (Å²) in [5.74, 6) is -0.623. The van der Waals surface area contributed by atoms with E-state index in [2.05, 4.69) is 22.0 Å². The Morgan fingerprint density at radius 1 is 1.23 bits per heavy atom. The minimum Gasteiger partial charge on any atom is -0.481 e. The van der Waals surface area contributed by atoms with Gasteiger partial charge in [0.15, 0.2) is 6.61 Å². The van der Waals surface area contributed by atoms with Crippen LogP contribution in [0.2, 0.25) is 0 Å². The van der Waals surface area contributed by atoms with Gasteiger partial charge in [0.1, 0.15) is 5.75 Å². The van der Waals surface area contributed by atoms with Crippen LogP contribution in [0.15, 0.2) is 53.0 Å². The van der Waals surface area contributed by atoms with Crippen molar-refractivity contribution in [3.8, 4) is 11.8 Å². The SMILES string of the molecule is N#C/C(=C\c1ccccc1OCC(=O)O)c1ccc(Br)cc1. The lowest BCUT2D eigenvalue weighted by molar-refractivity contribution is -0.139. The first kappa shape index (κ1) is 15.8. The van der Waals surface area contributed by atoms with Crippen molar-refractivity contribution >= 4 is 33.5 Å². The summed E-state index contributed by atoms with van der Waals surface area (Å²) in [6.07, 6.45) is 1.68. The van der Waals surface area contributed by atoms with Gasteiger partial charge in [0.25, 0.3) is 0 Å². The van der Waals surface area contributed by atoms with Crippen LogP contribution in [0.1, 0.15) is 11.1 Å². The maximum absolute atomic E-state index is 10.6. The lowest BCUT2D eigenvalue weighted by atomic mass is 10.0. The number of nitriles is 1. The summed E-state index contributed by atoms with van der Waals surface area (Å²) in [6, 6.07) is 16.5. The van der Waals surface area contributed by atoms with E-state index in [9.17, 15) is 10.1 Å². The average Bonchev–Trinajstić information content (AvgIpc) is 2.52. The molecule has 0 heterocycles. The Balaban J connectivity index is 2.36. The summed E-state index contributed by atoms with van der Waals surface area (Å²) in [5.41, 5.74) is 1.90. The molecule has 0 aromatic heterocycles. The number of hydrogen-bond acceptors (Lipinski definition) is 3. The molecule has 0 radical (unpaired) electrons. The quantitative estimate of drug-likeness (QED) is 0.648. The number of aliphatic carboxylic acids is 1. The smallest absolute Gasteiger partial charge is 0.341 e. The number of benzene rings is 2. The third-order valence-corrected chi connectivity index (χ3v) is 3.37. The standard InChI is InChI=1S/C17H12BrNO3/c18-15-7-5-12(6-8-15)14(10-19)9-13-3-1-2-4-16(13)22-11-17(20)21/h1-9H,11H2,(H,20,21)/b14-9+. The first-order valence-corrected chi connectivity index (χ1v) is 7.21. The molecule has 5 heteroatoms. The normalized spacial score (nSPS) is 10.8. The molecule has 0 atom stereocenters. The predicted octanol–water partition coefficient (Wildman–Crippen LogP) is 3.98. The van der Waals surface area contributed by atoms with Crippen LogP contribution in [0.3, 0.4) is 0 Å². The third kappa shape index (κ3) is 4.21. The topological polar surface area (TPSA) is 70.3 Å². The number of ether oxygens (including phenoxy) is 1. The average molecular weight is 358 g/mol. The van der Waals surface area contributed by atoms with E-state index in [4.69, 9.17) is 9.84 Å². The number of carboxylic acids is 1. The van der Waals surface area contributed by atoms with Crippen LogP contribution in [0, 0.1) is 11.3 Å². The maximum atomic E-state index is 10.6. The van der Waals surface area contributed by atoms with Crippen LogP contribution in [-0.2, 0) is 4.79 Å². The van der Waals surface area contributed by atoms with Gasteiger partial charge in [-0.25, -0.2) is 4.79 Å².